The summed E-state index contributed by atoms with van der Waals surface area (Å²) in [6.07, 6.45) is 1.80. The standard InChI is InChI=1S/C15H20N4OS.HI/c1-3-16-15(19-10-13-6-7-21-11-13)18-9-12-4-5-14(20-2)17-8-12;/h4-8,11H,3,9-10H2,1-2H3,(H2,16,18,19);1H. The molecule has 0 amide bonds. The fraction of sp³-hybridized carbons (Fsp3) is 0.333. The zero-order valence-electron chi connectivity index (χ0n) is 12.7. The minimum Gasteiger partial charge on any atom is -0.481 e. The van der Waals surface area contributed by atoms with Gasteiger partial charge in [0.05, 0.1) is 13.7 Å². The minimum absolute atomic E-state index is 0. The Hall–Kier alpha value is -1.35. The van der Waals surface area contributed by atoms with E-state index in [1.54, 1.807) is 24.6 Å². The van der Waals surface area contributed by atoms with Gasteiger partial charge in [0.15, 0.2) is 5.96 Å². The van der Waals surface area contributed by atoms with E-state index in [1.807, 2.05) is 12.1 Å². The number of thiophene rings is 1. The number of nitrogens with zero attached hydrogens (tertiary/aromatic N) is 2. The summed E-state index contributed by atoms with van der Waals surface area (Å²) in [5, 5.41) is 10.7. The van der Waals surface area contributed by atoms with Crippen LogP contribution in [0.25, 0.3) is 0 Å². The van der Waals surface area contributed by atoms with E-state index in [4.69, 9.17) is 4.74 Å². The molecule has 2 rings (SSSR count). The number of methoxy groups -OCH3 is 1. The molecule has 0 aliphatic heterocycles. The topological polar surface area (TPSA) is 58.5 Å². The molecule has 2 N–H and O–H groups in total. The highest BCUT2D eigenvalue weighted by Crippen LogP contribution is 2.07. The second-order valence-corrected chi connectivity index (χ2v) is 5.17. The van der Waals surface area contributed by atoms with Crippen molar-refractivity contribution < 1.29 is 4.74 Å². The van der Waals surface area contributed by atoms with Crippen LogP contribution in [0.1, 0.15) is 18.1 Å². The average Bonchev–Trinajstić information content (AvgIpc) is 3.04. The summed E-state index contributed by atoms with van der Waals surface area (Å²) in [5.41, 5.74) is 2.31. The fourth-order valence-corrected chi connectivity index (χ4v) is 2.38. The first kappa shape index (κ1) is 18.7. The largest absolute Gasteiger partial charge is 0.481 e. The summed E-state index contributed by atoms with van der Waals surface area (Å²) in [6, 6.07) is 5.93. The summed E-state index contributed by atoms with van der Waals surface area (Å²) < 4.78 is 5.05. The van der Waals surface area contributed by atoms with Crippen LogP contribution in [0.2, 0.25) is 0 Å². The van der Waals surface area contributed by atoms with Crippen molar-refractivity contribution in [3.05, 3.63) is 46.3 Å². The maximum atomic E-state index is 5.05. The van der Waals surface area contributed by atoms with E-state index in [1.165, 1.54) is 5.56 Å². The van der Waals surface area contributed by atoms with Crippen LogP contribution in [0.3, 0.4) is 0 Å². The third-order valence-electron chi connectivity index (χ3n) is 2.81. The molecule has 7 heteroatoms. The number of aromatic nitrogens is 1. The maximum absolute atomic E-state index is 5.05. The Kier molecular flexibility index (Phi) is 8.83. The molecule has 0 fully saturated rings. The quantitative estimate of drug-likeness (QED) is 0.419. The first-order valence-electron chi connectivity index (χ1n) is 6.84. The lowest BCUT2D eigenvalue weighted by Gasteiger charge is -2.11. The molecule has 2 aromatic heterocycles. The molecule has 120 valence electrons. The molecule has 2 aromatic rings. The highest BCUT2D eigenvalue weighted by molar-refractivity contribution is 14.0. The van der Waals surface area contributed by atoms with Crippen LogP contribution in [-0.4, -0.2) is 24.6 Å². The lowest BCUT2D eigenvalue weighted by Crippen LogP contribution is -2.36. The molecule has 0 spiro atoms. The molecule has 0 aliphatic carbocycles. The summed E-state index contributed by atoms with van der Waals surface area (Å²) in [6.45, 7) is 4.24. The van der Waals surface area contributed by atoms with Crippen LogP contribution in [0.5, 0.6) is 5.88 Å². The number of aliphatic imine (C=N–C) groups is 1. The van der Waals surface area contributed by atoms with Crippen molar-refractivity contribution in [1.29, 1.82) is 0 Å². The number of hydrogen-bond acceptors (Lipinski definition) is 4. The van der Waals surface area contributed by atoms with Crippen molar-refractivity contribution in [2.75, 3.05) is 13.7 Å². The van der Waals surface area contributed by atoms with Gasteiger partial charge in [0.1, 0.15) is 0 Å². The molecule has 0 saturated carbocycles. The Morgan fingerprint density at radius 1 is 1.27 bits per heavy atom. The SMILES string of the molecule is CCNC(=NCc1ccsc1)NCc1ccc(OC)nc1.I. The lowest BCUT2D eigenvalue weighted by molar-refractivity contribution is 0.397. The smallest absolute Gasteiger partial charge is 0.212 e. The molecular formula is C15H21IN4OS. The van der Waals surface area contributed by atoms with E-state index in [0.29, 0.717) is 19.0 Å². The summed E-state index contributed by atoms with van der Waals surface area (Å²) >= 11 is 1.69. The Labute approximate surface area is 152 Å². The van der Waals surface area contributed by atoms with Gasteiger partial charge >= 0.3 is 0 Å². The molecule has 0 unspecified atom stereocenters. The molecular weight excluding hydrogens is 411 g/mol. The molecule has 0 radical (unpaired) electrons. The van der Waals surface area contributed by atoms with Gasteiger partial charge in [-0.25, -0.2) is 9.98 Å². The maximum Gasteiger partial charge on any atom is 0.212 e. The van der Waals surface area contributed by atoms with Gasteiger partial charge < -0.3 is 15.4 Å². The molecule has 2 heterocycles. The predicted octanol–water partition coefficient (Wildman–Crippen LogP) is 3.03. The highest BCUT2D eigenvalue weighted by atomic mass is 127. The molecule has 5 nitrogen and oxygen atoms in total. The molecule has 0 atom stereocenters. The summed E-state index contributed by atoms with van der Waals surface area (Å²) in [5.74, 6) is 1.43. The molecule has 22 heavy (non-hydrogen) atoms. The normalized spacial score (nSPS) is 10.7. The van der Waals surface area contributed by atoms with Crippen LogP contribution in [-0.2, 0) is 13.1 Å². The second kappa shape index (κ2) is 10.4. The molecule has 0 bridgehead atoms. The van der Waals surface area contributed by atoms with Crippen LogP contribution in [0, 0.1) is 0 Å². The van der Waals surface area contributed by atoms with Crippen molar-refractivity contribution in [2.24, 2.45) is 4.99 Å². The number of ether oxygens (including phenoxy) is 1. The van der Waals surface area contributed by atoms with Gasteiger partial charge in [-0.15, -0.1) is 24.0 Å². The van der Waals surface area contributed by atoms with Crippen molar-refractivity contribution in [2.45, 2.75) is 20.0 Å². The van der Waals surface area contributed by atoms with Crippen molar-refractivity contribution >= 4 is 41.3 Å². The number of halogens is 1. The van der Waals surface area contributed by atoms with Crippen molar-refractivity contribution in [3.8, 4) is 5.88 Å². The summed E-state index contributed by atoms with van der Waals surface area (Å²) in [4.78, 5) is 8.75. The van der Waals surface area contributed by atoms with E-state index in [-0.39, 0.29) is 24.0 Å². The molecule has 0 saturated heterocycles. The Bertz CT molecular complexity index is 557. The second-order valence-electron chi connectivity index (χ2n) is 4.39. The number of rotatable bonds is 6. The third-order valence-corrected chi connectivity index (χ3v) is 3.54. The minimum atomic E-state index is 0. The van der Waals surface area contributed by atoms with Crippen LogP contribution in [0.4, 0.5) is 0 Å². The third kappa shape index (κ3) is 6.18. The predicted molar refractivity (Wildman–Crippen MR) is 102 cm³/mol. The monoisotopic (exact) mass is 432 g/mol. The van der Waals surface area contributed by atoms with Gasteiger partial charge in [-0.3, -0.25) is 0 Å². The molecule has 0 aromatic carbocycles. The lowest BCUT2D eigenvalue weighted by atomic mass is 10.3. The number of pyridine rings is 1. The average molecular weight is 432 g/mol. The van der Waals surface area contributed by atoms with E-state index < -0.39 is 0 Å². The van der Waals surface area contributed by atoms with Gasteiger partial charge in [-0.05, 0) is 34.9 Å². The van der Waals surface area contributed by atoms with Crippen LogP contribution in [0.15, 0.2) is 40.1 Å². The number of hydrogen-bond donors (Lipinski definition) is 2. The molecule has 0 aliphatic rings. The first-order valence-corrected chi connectivity index (χ1v) is 7.78. The Balaban J connectivity index is 0.00000242. The van der Waals surface area contributed by atoms with E-state index in [9.17, 15) is 0 Å². The Morgan fingerprint density at radius 3 is 2.73 bits per heavy atom. The number of nitrogens with one attached hydrogen (secondary N) is 2. The highest BCUT2D eigenvalue weighted by Gasteiger charge is 2.00. The van der Waals surface area contributed by atoms with Gasteiger partial charge in [-0.2, -0.15) is 11.3 Å². The van der Waals surface area contributed by atoms with Gasteiger partial charge in [0, 0.05) is 25.4 Å². The van der Waals surface area contributed by atoms with E-state index in [0.717, 1.165) is 18.1 Å². The zero-order chi connectivity index (χ0) is 14.9. The van der Waals surface area contributed by atoms with Crippen LogP contribution >= 0.6 is 35.3 Å². The van der Waals surface area contributed by atoms with Crippen molar-refractivity contribution in [1.82, 2.24) is 15.6 Å². The fourth-order valence-electron chi connectivity index (χ4n) is 1.72. The Morgan fingerprint density at radius 2 is 2.14 bits per heavy atom. The van der Waals surface area contributed by atoms with E-state index >= 15 is 0 Å². The van der Waals surface area contributed by atoms with Crippen molar-refractivity contribution in [3.63, 3.8) is 0 Å². The summed E-state index contributed by atoms with van der Waals surface area (Å²) in [7, 11) is 1.61. The van der Waals surface area contributed by atoms with E-state index in [2.05, 4.69) is 44.4 Å². The van der Waals surface area contributed by atoms with Gasteiger partial charge in [0.25, 0.3) is 0 Å². The first-order chi connectivity index (χ1) is 10.3. The van der Waals surface area contributed by atoms with Crippen LogP contribution < -0.4 is 15.4 Å². The number of guanidine groups is 1. The van der Waals surface area contributed by atoms with Gasteiger partial charge in [-0.1, -0.05) is 6.07 Å². The van der Waals surface area contributed by atoms with Gasteiger partial charge in [0.2, 0.25) is 5.88 Å². The zero-order valence-corrected chi connectivity index (χ0v) is 15.9.